The number of para-hydroxylation sites is 1. The van der Waals surface area contributed by atoms with Crippen LogP contribution in [0.4, 0.5) is 16.2 Å². The van der Waals surface area contributed by atoms with Gasteiger partial charge in [0.1, 0.15) is 0 Å². The second-order valence-electron chi connectivity index (χ2n) is 7.54. The predicted octanol–water partition coefficient (Wildman–Crippen LogP) is 1.37. The fourth-order valence-electron chi connectivity index (χ4n) is 3.05. The van der Waals surface area contributed by atoms with E-state index in [4.69, 9.17) is 0 Å². The van der Waals surface area contributed by atoms with Crippen molar-refractivity contribution in [3.05, 3.63) is 59.7 Å². The molecule has 0 bridgehead atoms. The third-order valence-corrected chi connectivity index (χ3v) is 6.65. The summed E-state index contributed by atoms with van der Waals surface area (Å²) < 4.78 is 25.8. The number of nitrogens with zero attached hydrogens (tertiary/aromatic N) is 1. The summed E-state index contributed by atoms with van der Waals surface area (Å²) in [5.74, 6) is -1.14. The summed E-state index contributed by atoms with van der Waals surface area (Å²) in [6, 6.07) is 12.6. The normalized spacial score (nSPS) is 16.2. The van der Waals surface area contributed by atoms with Gasteiger partial charge in [-0.3, -0.25) is 14.9 Å². The number of amides is 4. The molecule has 1 aliphatic heterocycles. The van der Waals surface area contributed by atoms with Crippen LogP contribution in [0.15, 0.2) is 48.5 Å². The van der Waals surface area contributed by atoms with E-state index in [2.05, 4.69) is 16.0 Å². The van der Waals surface area contributed by atoms with Crippen LogP contribution in [0, 0.1) is 0 Å². The maximum atomic E-state index is 12.7. The van der Waals surface area contributed by atoms with Gasteiger partial charge in [0.05, 0.1) is 5.25 Å². The van der Waals surface area contributed by atoms with Crippen molar-refractivity contribution in [3.8, 4) is 0 Å². The Balaban J connectivity index is 1.66. The summed E-state index contributed by atoms with van der Waals surface area (Å²) in [7, 11) is -2.15. The molecule has 32 heavy (non-hydrogen) atoms. The zero-order valence-electron chi connectivity index (χ0n) is 17.9. The van der Waals surface area contributed by atoms with Crippen molar-refractivity contribution in [1.82, 2.24) is 15.4 Å². The Morgan fingerprint density at radius 2 is 1.84 bits per heavy atom. The minimum atomic E-state index is -3.79. The van der Waals surface area contributed by atoms with Crippen molar-refractivity contribution in [2.45, 2.75) is 31.8 Å². The lowest BCUT2D eigenvalue weighted by Crippen LogP contribution is -2.54. The molecule has 0 aliphatic carbocycles. The molecule has 2 aromatic carbocycles. The number of rotatable bonds is 5. The maximum absolute atomic E-state index is 12.7. The molecule has 0 spiro atoms. The summed E-state index contributed by atoms with van der Waals surface area (Å²) in [5, 5.41) is 7.37. The van der Waals surface area contributed by atoms with Crippen molar-refractivity contribution in [3.63, 3.8) is 0 Å². The number of hydrogen-bond donors (Lipinski definition) is 4. The molecule has 1 aliphatic rings. The van der Waals surface area contributed by atoms with Gasteiger partial charge in [0.15, 0.2) is 6.17 Å². The monoisotopic (exact) mass is 459 g/mol. The predicted molar refractivity (Wildman–Crippen MR) is 121 cm³/mol. The molecule has 0 aromatic heterocycles. The van der Waals surface area contributed by atoms with Crippen LogP contribution in [0.25, 0.3) is 0 Å². The average molecular weight is 460 g/mol. The number of sulfonamides is 1. The zero-order valence-corrected chi connectivity index (χ0v) is 18.7. The van der Waals surface area contributed by atoms with Gasteiger partial charge in [-0.15, -0.1) is 0 Å². The minimum Gasteiger partial charge on any atom is -0.314 e. The first-order valence-electron chi connectivity index (χ1n) is 9.91. The number of benzene rings is 2. The Morgan fingerprint density at radius 3 is 2.56 bits per heavy atom. The van der Waals surface area contributed by atoms with Gasteiger partial charge in [-0.1, -0.05) is 24.3 Å². The van der Waals surface area contributed by atoms with Crippen LogP contribution < -0.4 is 25.6 Å². The number of fused-ring (bicyclic) bond motifs is 1. The molecule has 2 aromatic rings. The van der Waals surface area contributed by atoms with E-state index in [0.717, 1.165) is 11.3 Å². The number of anilines is 2. The van der Waals surface area contributed by atoms with Crippen LogP contribution in [-0.2, 0) is 21.4 Å². The highest BCUT2D eigenvalue weighted by Crippen LogP contribution is 2.22. The van der Waals surface area contributed by atoms with Crippen LogP contribution in [0.3, 0.4) is 0 Å². The lowest BCUT2D eigenvalue weighted by molar-refractivity contribution is -0.120. The number of carbonyl (C=O) groups is 3. The molecule has 3 rings (SSSR count). The molecule has 0 saturated carbocycles. The van der Waals surface area contributed by atoms with E-state index < -0.39 is 33.4 Å². The number of nitrogens with one attached hydrogen (secondary N) is 4. The standard InChI is InChI=1S/C21H25N5O5S/c1-13(2)32(30,31)25-19(27)14-8-6-9-16(11-14)23-21(29)24-18-20(28)26(3)17-10-5-4-7-15(17)12-22-18/h4-11,13,18,22H,12H2,1-3H3,(H,25,27)(H2,23,24,29). The van der Waals surface area contributed by atoms with Crippen LogP contribution in [0.5, 0.6) is 0 Å². The van der Waals surface area contributed by atoms with E-state index in [1.807, 2.05) is 29.0 Å². The molecular weight excluding hydrogens is 434 g/mol. The first kappa shape index (κ1) is 23.2. The van der Waals surface area contributed by atoms with Gasteiger partial charge in [0.2, 0.25) is 10.0 Å². The van der Waals surface area contributed by atoms with Crippen molar-refractivity contribution in [1.29, 1.82) is 0 Å². The topological polar surface area (TPSA) is 137 Å². The SMILES string of the molecule is CC(C)S(=O)(=O)NC(=O)c1cccc(NC(=O)NC2NCc3ccccc3N(C)C2=O)c1. The average Bonchev–Trinajstić information content (AvgIpc) is 2.86. The minimum absolute atomic E-state index is 0.0610. The second kappa shape index (κ2) is 9.37. The van der Waals surface area contributed by atoms with E-state index in [0.29, 0.717) is 6.54 Å². The van der Waals surface area contributed by atoms with E-state index in [1.165, 1.54) is 43.0 Å². The summed E-state index contributed by atoms with van der Waals surface area (Å²) in [4.78, 5) is 39.0. The third-order valence-electron chi connectivity index (χ3n) is 4.94. The van der Waals surface area contributed by atoms with E-state index in [9.17, 15) is 22.8 Å². The van der Waals surface area contributed by atoms with Crippen molar-refractivity contribution < 1.29 is 22.8 Å². The highest BCUT2D eigenvalue weighted by atomic mass is 32.2. The first-order valence-corrected chi connectivity index (χ1v) is 11.5. The van der Waals surface area contributed by atoms with Crippen LogP contribution in [-0.4, -0.2) is 44.7 Å². The molecule has 0 saturated heterocycles. The lowest BCUT2D eigenvalue weighted by Gasteiger charge is -2.22. The van der Waals surface area contributed by atoms with Gasteiger partial charge in [-0.05, 0) is 43.7 Å². The summed E-state index contributed by atoms with van der Waals surface area (Å²) >= 11 is 0. The largest absolute Gasteiger partial charge is 0.320 e. The molecule has 0 radical (unpaired) electrons. The molecular formula is C21H25N5O5S. The van der Waals surface area contributed by atoms with Crippen molar-refractivity contribution in [2.75, 3.05) is 17.3 Å². The van der Waals surface area contributed by atoms with Gasteiger partial charge in [0.25, 0.3) is 11.8 Å². The number of hydrogen-bond acceptors (Lipinski definition) is 6. The van der Waals surface area contributed by atoms with E-state index in [1.54, 1.807) is 7.05 Å². The Bertz CT molecular complexity index is 1150. The zero-order chi connectivity index (χ0) is 23.5. The van der Waals surface area contributed by atoms with E-state index >= 15 is 0 Å². The molecule has 1 heterocycles. The number of likely N-dealkylation sites (N-methyl/N-ethyl adjacent to an activating group) is 1. The van der Waals surface area contributed by atoms with Gasteiger partial charge in [-0.25, -0.2) is 17.9 Å². The summed E-state index contributed by atoms with van der Waals surface area (Å²) in [6.45, 7) is 3.30. The smallest absolute Gasteiger partial charge is 0.314 e. The number of urea groups is 1. The fraction of sp³-hybridized carbons (Fsp3) is 0.286. The van der Waals surface area contributed by atoms with Crippen LogP contribution in [0.1, 0.15) is 29.8 Å². The molecule has 0 fully saturated rings. The molecule has 4 N–H and O–H groups in total. The first-order chi connectivity index (χ1) is 15.1. The molecule has 170 valence electrons. The Labute approximate surface area is 186 Å². The quantitative estimate of drug-likeness (QED) is 0.533. The summed E-state index contributed by atoms with van der Waals surface area (Å²) in [6.07, 6.45) is -0.963. The molecule has 10 nitrogen and oxygen atoms in total. The molecule has 11 heteroatoms. The Kier molecular flexibility index (Phi) is 6.80. The van der Waals surface area contributed by atoms with Crippen molar-refractivity contribution in [2.24, 2.45) is 0 Å². The lowest BCUT2D eigenvalue weighted by atomic mass is 10.1. The Hall–Kier alpha value is -3.44. The van der Waals surface area contributed by atoms with Crippen molar-refractivity contribution >= 4 is 39.2 Å². The molecule has 1 atom stereocenters. The maximum Gasteiger partial charge on any atom is 0.320 e. The van der Waals surface area contributed by atoms with E-state index in [-0.39, 0.29) is 17.2 Å². The van der Waals surface area contributed by atoms with Gasteiger partial charge < -0.3 is 15.5 Å². The highest BCUT2D eigenvalue weighted by Gasteiger charge is 2.29. The van der Waals surface area contributed by atoms with Crippen LogP contribution >= 0.6 is 0 Å². The van der Waals surface area contributed by atoms with Gasteiger partial charge in [-0.2, -0.15) is 0 Å². The fourth-order valence-corrected chi connectivity index (χ4v) is 3.67. The Morgan fingerprint density at radius 1 is 1.12 bits per heavy atom. The second-order valence-corrected chi connectivity index (χ2v) is 9.78. The molecule has 4 amide bonds. The molecule has 1 unspecified atom stereocenters. The number of carbonyl (C=O) groups excluding carboxylic acids is 3. The van der Waals surface area contributed by atoms with Gasteiger partial charge in [0, 0.05) is 30.5 Å². The third kappa shape index (κ3) is 5.24. The highest BCUT2D eigenvalue weighted by molar-refractivity contribution is 7.90. The van der Waals surface area contributed by atoms with Crippen LogP contribution in [0.2, 0.25) is 0 Å². The van der Waals surface area contributed by atoms with Gasteiger partial charge >= 0.3 is 6.03 Å². The summed E-state index contributed by atoms with van der Waals surface area (Å²) in [5.41, 5.74) is 1.99.